The summed E-state index contributed by atoms with van der Waals surface area (Å²) in [6, 6.07) is 17.7. The zero-order valence-corrected chi connectivity index (χ0v) is 16.3. The number of esters is 1. The van der Waals surface area contributed by atoms with Crippen molar-refractivity contribution >= 4 is 32.5 Å². The second-order valence-corrected chi connectivity index (χ2v) is 7.98. The standard InChI is InChI=1S/C21H21NO4S/c1-4-22(20-11-7-10-19(15(20)2)21(23)26-3)27(24,25)18-13-12-16-8-5-6-9-17(16)14-18/h5-14H,4H2,1-3H3. The maximum atomic E-state index is 13.3. The molecule has 0 bridgehead atoms. The molecule has 0 radical (unpaired) electrons. The van der Waals surface area contributed by atoms with E-state index in [1.807, 2.05) is 24.3 Å². The number of carbonyl (C=O) groups is 1. The quantitative estimate of drug-likeness (QED) is 0.621. The van der Waals surface area contributed by atoms with Gasteiger partial charge < -0.3 is 4.74 Å². The highest BCUT2D eigenvalue weighted by molar-refractivity contribution is 7.92. The molecule has 0 spiro atoms. The summed E-state index contributed by atoms with van der Waals surface area (Å²) in [6.45, 7) is 3.73. The highest BCUT2D eigenvalue weighted by atomic mass is 32.2. The van der Waals surface area contributed by atoms with Gasteiger partial charge in [-0.3, -0.25) is 4.31 Å². The molecule has 0 aliphatic heterocycles. The van der Waals surface area contributed by atoms with E-state index in [0.29, 0.717) is 16.8 Å². The van der Waals surface area contributed by atoms with Gasteiger partial charge in [-0.25, -0.2) is 13.2 Å². The highest BCUT2D eigenvalue weighted by Gasteiger charge is 2.26. The summed E-state index contributed by atoms with van der Waals surface area (Å²) in [5.74, 6) is -0.492. The van der Waals surface area contributed by atoms with Crippen LogP contribution in [0.25, 0.3) is 10.8 Å². The molecule has 140 valence electrons. The fourth-order valence-corrected chi connectivity index (χ4v) is 4.72. The lowest BCUT2D eigenvalue weighted by molar-refractivity contribution is 0.0600. The largest absolute Gasteiger partial charge is 0.465 e. The van der Waals surface area contributed by atoms with Crippen molar-refractivity contribution in [1.29, 1.82) is 0 Å². The Bertz CT molecular complexity index is 1110. The first-order chi connectivity index (χ1) is 12.9. The van der Waals surface area contributed by atoms with Crippen molar-refractivity contribution in [3.8, 4) is 0 Å². The van der Waals surface area contributed by atoms with Gasteiger partial charge in [0.2, 0.25) is 0 Å². The van der Waals surface area contributed by atoms with E-state index in [2.05, 4.69) is 0 Å². The van der Waals surface area contributed by atoms with Crippen LogP contribution in [0.2, 0.25) is 0 Å². The van der Waals surface area contributed by atoms with Crippen LogP contribution in [0.4, 0.5) is 5.69 Å². The predicted octanol–water partition coefficient (Wildman–Crippen LogP) is 4.15. The van der Waals surface area contributed by atoms with Gasteiger partial charge in [0.15, 0.2) is 0 Å². The van der Waals surface area contributed by atoms with E-state index in [-0.39, 0.29) is 11.4 Å². The maximum Gasteiger partial charge on any atom is 0.338 e. The molecule has 0 aliphatic carbocycles. The van der Waals surface area contributed by atoms with Crippen molar-refractivity contribution in [1.82, 2.24) is 0 Å². The molecule has 0 saturated carbocycles. The molecule has 6 heteroatoms. The third-order valence-electron chi connectivity index (χ3n) is 4.58. The van der Waals surface area contributed by atoms with Crippen molar-refractivity contribution in [3.05, 3.63) is 71.8 Å². The molecule has 5 nitrogen and oxygen atoms in total. The third kappa shape index (κ3) is 3.40. The fraction of sp³-hybridized carbons (Fsp3) is 0.190. The number of hydrogen-bond donors (Lipinski definition) is 0. The van der Waals surface area contributed by atoms with Crippen LogP contribution >= 0.6 is 0 Å². The molecule has 0 atom stereocenters. The number of rotatable bonds is 5. The molecule has 0 unspecified atom stereocenters. The minimum absolute atomic E-state index is 0.214. The molecule has 3 aromatic carbocycles. The Morgan fingerprint density at radius 1 is 1.00 bits per heavy atom. The molecule has 0 N–H and O–H groups in total. The lowest BCUT2D eigenvalue weighted by Crippen LogP contribution is -2.31. The fourth-order valence-electron chi connectivity index (χ4n) is 3.15. The van der Waals surface area contributed by atoms with Gasteiger partial charge in [-0.15, -0.1) is 0 Å². The number of sulfonamides is 1. The lowest BCUT2D eigenvalue weighted by atomic mass is 10.1. The van der Waals surface area contributed by atoms with E-state index in [1.54, 1.807) is 50.2 Å². The van der Waals surface area contributed by atoms with Crippen molar-refractivity contribution in [2.45, 2.75) is 18.7 Å². The number of carbonyl (C=O) groups excluding carboxylic acids is 1. The van der Waals surface area contributed by atoms with Crippen molar-refractivity contribution in [2.75, 3.05) is 18.0 Å². The Hall–Kier alpha value is -2.86. The zero-order valence-electron chi connectivity index (χ0n) is 15.5. The first-order valence-corrected chi connectivity index (χ1v) is 10.0. The summed E-state index contributed by atoms with van der Waals surface area (Å²) in [7, 11) is -2.48. The topological polar surface area (TPSA) is 63.7 Å². The number of hydrogen-bond acceptors (Lipinski definition) is 4. The van der Waals surface area contributed by atoms with Gasteiger partial charge in [0.1, 0.15) is 0 Å². The molecule has 0 aliphatic rings. The van der Waals surface area contributed by atoms with Gasteiger partial charge in [0.05, 0.1) is 23.3 Å². The van der Waals surface area contributed by atoms with Crippen LogP contribution in [-0.2, 0) is 14.8 Å². The molecular weight excluding hydrogens is 362 g/mol. The molecular formula is C21H21NO4S. The van der Waals surface area contributed by atoms with Crippen LogP contribution in [0.1, 0.15) is 22.8 Å². The molecule has 3 rings (SSSR count). The van der Waals surface area contributed by atoms with Crippen LogP contribution in [0.15, 0.2) is 65.6 Å². The van der Waals surface area contributed by atoms with Crippen LogP contribution in [0, 0.1) is 6.92 Å². The summed E-state index contributed by atoms with van der Waals surface area (Å²) in [5.41, 5.74) is 1.38. The SMILES string of the molecule is CCN(c1cccc(C(=O)OC)c1C)S(=O)(=O)c1ccc2ccccc2c1. The van der Waals surface area contributed by atoms with E-state index >= 15 is 0 Å². The summed E-state index contributed by atoms with van der Waals surface area (Å²) >= 11 is 0. The van der Waals surface area contributed by atoms with Gasteiger partial charge in [-0.1, -0.05) is 36.4 Å². The molecule has 3 aromatic rings. The Balaban J connectivity index is 2.12. The number of ether oxygens (including phenoxy) is 1. The van der Waals surface area contributed by atoms with Crippen LogP contribution in [-0.4, -0.2) is 28.0 Å². The van der Waals surface area contributed by atoms with Crippen LogP contribution < -0.4 is 4.31 Å². The minimum atomic E-state index is -3.79. The van der Waals surface area contributed by atoms with E-state index in [9.17, 15) is 13.2 Å². The van der Waals surface area contributed by atoms with Gasteiger partial charge in [0, 0.05) is 6.54 Å². The first-order valence-electron chi connectivity index (χ1n) is 8.59. The maximum absolute atomic E-state index is 13.3. The Morgan fingerprint density at radius 2 is 1.70 bits per heavy atom. The lowest BCUT2D eigenvalue weighted by Gasteiger charge is -2.25. The molecule has 0 aromatic heterocycles. The highest BCUT2D eigenvalue weighted by Crippen LogP contribution is 2.30. The number of fused-ring (bicyclic) bond motifs is 1. The molecule has 0 fully saturated rings. The summed E-state index contributed by atoms with van der Waals surface area (Å²) in [6.07, 6.45) is 0. The average molecular weight is 383 g/mol. The summed E-state index contributed by atoms with van der Waals surface area (Å²) in [5, 5.41) is 1.83. The van der Waals surface area contributed by atoms with Gasteiger partial charge in [-0.05, 0) is 54.4 Å². The molecule has 0 saturated heterocycles. The van der Waals surface area contributed by atoms with Gasteiger partial charge >= 0.3 is 5.97 Å². The van der Waals surface area contributed by atoms with Crippen molar-refractivity contribution in [3.63, 3.8) is 0 Å². The smallest absolute Gasteiger partial charge is 0.338 e. The number of methoxy groups -OCH3 is 1. The molecule has 27 heavy (non-hydrogen) atoms. The van der Waals surface area contributed by atoms with E-state index in [0.717, 1.165) is 10.8 Å². The molecule has 0 heterocycles. The second kappa shape index (κ2) is 7.40. The Morgan fingerprint density at radius 3 is 2.37 bits per heavy atom. The summed E-state index contributed by atoms with van der Waals surface area (Å²) in [4.78, 5) is 12.2. The summed E-state index contributed by atoms with van der Waals surface area (Å²) < 4.78 is 32.8. The monoisotopic (exact) mass is 383 g/mol. The van der Waals surface area contributed by atoms with Gasteiger partial charge in [0.25, 0.3) is 10.0 Å². The first kappa shape index (κ1) is 18.9. The normalized spacial score (nSPS) is 11.4. The van der Waals surface area contributed by atoms with E-state index < -0.39 is 16.0 Å². The number of nitrogens with zero attached hydrogens (tertiary/aromatic N) is 1. The number of benzene rings is 3. The zero-order chi connectivity index (χ0) is 19.6. The van der Waals surface area contributed by atoms with Crippen molar-refractivity contribution < 1.29 is 17.9 Å². The third-order valence-corrected chi connectivity index (χ3v) is 6.46. The van der Waals surface area contributed by atoms with Crippen LogP contribution in [0.5, 0.6) is 0 Å². The minimum Gasteiger partial charge on any atom is -0.465 e. The van der Waals surface area contributed by atoms with E-state index in [1.165, 1.54) is 11.4 Å². The average Bonchev–Trinajstić information content (AvgIpc) is 2.68. The van der Waals surface area contributed by atoms with Crippen molar-refractivity contribution in [2.24, 2.45) is 0 Å². The van der Waals surface area contributed by atoms with E-state index in [4.69, 9.17) is 4.74 Å². The van der Waals surface area contributed by atoms with Gasteiger partial charge in [-0.2, -0.15) is 0 Å². The molecule has 0 amide bonds. The second-order valence-electron chi connectivity index (χ2n) is 6.12. The van der Waals surface area contributed by atoms with Crippen LogP contribution in [0.3, 0.4) is 0 Å². The Labute approximate surface area is 159 Å². The Kier molecular flexibility index (Phi) is 5.19. The number of anilines is 1. The predicted molar refractivity (Wildman–Crippen MR) is 107 cm³/mol.